The van der Waals surface area contributed by atoms with Gasteiger partial charge in [0.25, 0.3) is 5.82 Å². The molecule has 0 saturated carbocycles. The van der Waals surface area contributed by atoms with E-state index in [4.69, 9.17) is 0 Å². The number of aliphatic hydroxyl groups is 3. The number of allylic oxidation sites excluding steroid dienone is 4. The van der Waals surface area contributed by atoms with Crippen LogP contribution in [0.3, 0.4) is 0 Å². The maximum atomic E-state index is 13.3. The molecule has 1 aromatic heterocycles. The Morgan fingerprint density at radius 2 is 1.72 bits per heavy atom. The van der Waals surface area contributed by atoms with Gasteiger partial charge in [0.15, 0.2) is 11.0 Å². The lowest BCUT2D eigenvalue weighted by atomic mass is 9.80. The number of β-amino-alcohol motifs (C(OH)–C–C–N with tert-alkyl or cyclic N) is 1. The van der Waals surface area contributed by atoms with E-state index in [-0.39, 0.29) is 35.9 Å². The summed E-state index contributed by atoms with van der Waals surface area (Å²) in [5.41, 5.74) is 5.09. The van der Waals surface area contributed by atoms with Crippen molar-refractivity contribution in [2.45, 2.75) is 39.3 Å². The number of benzene rings is 2. The fourth-order valence-corrected chi connectivity index (χ4v) is 5.55. The molecule has 1 aliphatic carbocycles. The molecule has 0 atom stereocenters. The number of anilines is 1. The number of carbonyl (C=O) groups excluding carboxylic acids is 1. The van der Waals surface area contributed by atoms with Crippen molar-refractivity contribution in [2.24, 2.45) is 0 Å². The Balaban J connectivity index is 1.61. The van der Waals surface area contributed by atoms with Gasteiger partial charge in [0.05, 0.1) is 30.9 Å². The van der Waals surface area contributed by atoms with Crippen molar-refractivity contribution >= 4 is 28.6 Å². The van der Waals surface area contributed by atoms with E-state index in [9.17, 15) is 20.1 Å². The Morgan fingerprint density at radius 3 is 2.42 bits per heavy atom. The van der Waals surface area contributed by atoms with Gasteiger partial charge >= 0.3 is 0 Å². The van der Waals surface area contributed by atoms with Crippen LogP contribution in [0.15, 0.2) is 77.2 Å². The van der Waals surface area contributed by atoms with Crippen molar-refractivity contribution in [3.63, 3.8) is 0 Å². The zero-order chi connectivity index (χ0) is 25.6. The Labute approximate surface area is 210 Å². The van der Waals surface area contributed by atoms with E-state index in [1.807, 2.05) is 58.9 Å². The summed E-state index contributed by atoms with van der Waals surface area (Å²) in [7, 11) is 0. The monoisotopic (exact) mass is 486 g/mol. The van der Waals surface area contributed by atoms with Gasteiger partial charge in [-0.1, -0.05) is 44.2 Å². The highest BCUT2D eigenvalue weighted by molar-refractivity contribution is 6.23. The number of imidazole rings is 1. The molecule has 7 nitrogen and oxygen atoms in total. The molecule has 7 heteroatoms. The molecule has 0 saturated heterocycles. The van der Waals surface area contributed by atoms with Crippen LogP contribution in [0.1, 0.15) is 32.2 Å². The van der Waals surface area contributed by atoms with Gasteiger partial charge in [0, 0.05) is 29.4 Å². The van der Waals surface area contributed by atoms with Crippen molar-refractivity contribution in [3.05, 3.63) is 88.6 Å². The Morgan fingerprint density at radius 1 is 1.00 bits per heavy atom. The van der Waals surface area contributed by atoms with Crippen LogP contribution >= 0.6 is 0 Å². The van der Waals surface area contributed by atoms with Crippen molar-refractivity contribution in [3.8, 4) is 0 Å². The maximum Gasteiger partial charge on any atom is 0.283 e. The van der Waals surface area contributed by atoms with Gasteiger partial charge < -0.3 is 20.2 Å². The second-order valence-electron chi connectivity index (χ2n) is 9.66. The molecule has 2 aliphatic rings. The molecular formula is C29H32N3O4+. The number of aryl methyl sites for hydroxylation is 1. The number of para-hydroxylation sites is 3. The van der Waals surface area contributed by atoms with Gasteiger partial charge in [-0.25, -0.2) is 9.13 Å². The van der Waals surface area contributed by atoms with Crippen LogP contribution in [-0.2, 0) is 23.3 Å². The van der Waals surface area contributed by atoms with Crippen LogP contribution < -0.4 is 9.47 Å². The molecule has 0 radical (unpaired) electrons. The van der Waals surface area contributed by atoms with Gasteiger partial charge in [-0.3, -0.25) is 4.79 Å². The van der Waals surface area contributed by atoms with E-state index < -0.39 is 5.41 Å². The lowest BCUT2D eigenvalue weighted by Crippen LogP contribution is -2.39. The predicted molar refractivity (Wildman–Crippen MR) is 140 cm³/mol. The summed E-state index contributed by atoms with van der Waals surface area (Å²) in [6, 6.07) is 15.9. The normalized spacial score (nSPS) is 19.0. The van der Waals surface area contributed by atoms with Crippen molar-refractivity contribution in [2.75, 3.05) is 24.7 Å². The van der Waals surface area contributed by atoms with Crippen molar-refractivity contribution < 1.29 is 24.7 Å². The summed E-state index contributed by atoms with van der Waals surface area (Å²) in [4.78, 5) is 15.4. The SMILES string of the molecule is CCn1c(C=C2C(=O)C(C=C3N(CCO)c4ccccc4C3(C)C)=C2O)[n+](CCO)c2ccccc21. The first-order valence-electron chi connectivity index (χ1n) is 12.4. The molecule has 0 unspecified atom stereocenters. The van der Waals surface area contributed by atoms with E-state index >= 15 is 0 Å². The van der Waals surface area contributed by atoms with E-state index in [2.05, 4.69) is 24.5 Å². The minimum absolute atomic E-state index is 0.0295. The number of ketones is 1. The highest BCUT2D eigenvalue weighted by Gasteiger charge is 2.42. The standard InChI is InChI=1S/C29H31N3O4/c1-4-30-23-11-7-8-12-24(23)32(14-16-34)26(30)18-20-27(35)19(28(20)36)17-25-29(2,3)21-9-5-6-10-22(21)31(25)13-15-33/h5-12,17-18,33-34H,4,13-16H2,1-3H3/p+1. The van der Waals surface area contributed by atoms with E-state index in [1.54, 1.807) is 12.2 Å². The number of carbonyl (C=O) groups is 1. The molecule has 186 valence electrons. The van der Waals surface area contributed by atoms with Gasteiger partial charge in [-0.2, -0.15) is 0 Å². The molecule has 0 fully saturated rings. The predicted octanol–water partition coefficient (Wildman–Crippen LogP) is 3.39. The van der Waals surface area contributed by atoms with Gasteiger partial charge in [-0.05, 0) is 36.8 Å². The zero-order valence-corrected chi connectivity index (χ0v) is 20.9. The fourth-order valence-electron chi connectivity index (χ4n) is 5.55. The average Bonchev–Trinajstić information content (AvgIpc) is 3.29. The Kier molecular flexibility index (Phi) is 6.06. The molecule has 5 rings (SSSR count). The van der Waals surface area contributed by atoms with Gasteiger partial charge in [-0.15, -0.1) is 0 Å². The smallest absolute Gasteiger partial charge is 0.283 e. The second-order valence-corrected chi connectivity index (χ2v) is 9.66. The number of nitrogens with zero attached hydrogens (tertiary/aromatic N) is 3. The van der Waals surface area contributed by atoms with Crippen molar-refractivity contribution in [1.82, 2.24) is 4.57 Å². The molecule has 0 spiro atoms. The zero-order valence-electron chi connectivity index (χ0n) is 20.9. The number of fused-ring (bicyclic) bond motifs is 2. The van der Waals surface area contributed by atoms with Crippen LogP contribution in [-0.4, -0.2) is 45.4 Å². The van der Waals surface area contributed by atoms with Crippen molar-refractivity contribution in [1.29, 1.82) is 0 Å². The van der Waals surface area contributed by atoms with Crippen LogP contribution in [0.4, 0.5) is 5.69 Å². The summed E-state index contributed by atoms with van der Waals surface area (Å²) in [5.74, 6) is 0.496. The number of hydrogen-bond donors (Lipinski definition) is 3. The van der Waals surface area contributed by atoms with Crippen LogP contribution in [0.5, 0.6) is 0 Å². The first-order valence-corrected chi connectivity index (χ1v) is 12.4. The summed E-state index contributed by atoms with van der Waals surface area (Å²) < 4.78 is 4.05. The lowest BCUT2D eigenvalue weighted by Gasteiger charge is -2.28. The van der Waals surface area contributed by atoms with Gasteiger partial charge in [0.2, 0.25) is 5.78 Å². The highest BCUT2D eigenvalue weighted by Crippen LogP contribution is 2.48. The third kappa shape index (κ3) is 3.50. The molecule has 2 heterocycles. The molecule has 0 amide bonds. The number of aliphatic hydroxyl groups excluding tert-OH is 3. The first kappa shape index (κ1) is 24.0. The summed E-state index contributed by atoms with van der Waals surface area (Å²) in [5, 5.41) is 30.4. The number of Topliss-reactive ketones (excluding diaryl/α,β-unsaturated/α-hetero) is 1. The third-order valence-electron chi connectivity index (χ3n) is 7.33. The molecular weight excluding hydrogens is 454 g/mol. The van der Waals surface area contributed by atoms with Gasteiger partial charge in [0.1, 0.15) is 12.3 Å². The molecule has 0 bridgehead atoms. The number of hydrogen-bond acceptors (Lipinski definition) is 5. The molecule has 3 aromatic rings. The number of rotatable bonds is 7. The number of aromatic nitrogens is 2. The minimum atomic E-state index is -0.391. The van der Waals surface area contributed by atoms with E-state index in [0.29, 0.717) is 19.6 Å². The summed E-state index contributed by atoms with van der Waals surface area (Å²) in [6.45, 7) is 7.59. The van der Waals surface area contributed by atoms with E-state index in [0.717, 1.165) is 33.8 Å². The summed E-state index contributed by atoms with van der Waals surface area (Å²) >= 11 is 0. The second kappa shape index (κ2) is 9.08. The molecule has 3 N–H and O–H groups in total. The Hall–Kier alpha value is -3.68. The molecule has 1 aliphatic heterocycles. The maximum absolute atomic E-state index is 13.3. The summed E-state index contributed by atoms with van der Waals surface area (Å²) in [6.07, 6.45) is 3.49. The first-order chi connectivity index (χ1) is 17.3. The largest absolute Gasteiger partial charge is 0.506 e. The van der Waals surface area contributed by atoms with Crippen LogP contribution in [0.2, 0.25) is 0 Å². The topological polar surface area (TPSA) is 89.8 Å². The third-order valence-corrected chi connectivity index (χ3v) is 7.33. The highest BCUT2D eigenvalue weighted by atomic mass is 16.3. The lowest BCUT2D eigenvalue weighted by molar-refractivity contribution is -0.675. The average molecular weight is 487 g/mol. The Bertz CT molecular complexity index is 1460. The van der Waals surface area contributed by atoms with Crippen LogP contribution in [0.25, 0.3) is 17.1 Å². The quantitative estimate of drug-likeness (QED) is 0.352. The molecule has 2 aromatic carbocycles. The van der Waals surface area contributed by atoms with Crippen LogP contribution in [0, 0.1) is 0 Å². The molecule has 36 heavy (non-hydrogen) atoms. The van der Waals surface area contributed by atoms with E-state index in [1.165, 1.54) is 0 Å². The minimum Gasteiger partial charge on any atom is -0.506 e. The fraction of sp³-hybridized carbons (Fsp3) is 0.310.